The van der Waals surface area contributed by atoms with Gasteiger partial charge in [0, 0.05) is 13.1 Å². The molecule has 17 heavy (non-hydrogen) atoms. The molecule has 0 aromatic heterocycles. The lowest BCUT2D eigenvalue weighted by Crippen LogP contribution is -2.26. The van der Waals surface area contributed by atoms with E-state index in [9.17, 15) is 0 Å². The van der Waals surface area contributed by atoms with Gasteiger partial charge >= 0.3 is 0 Å². The van der Waals surface area contributed by atoms with Crippen LogP contribution in [0.2, 0.25) is 0 Å². The molecule has 0 fully saturated rings. The molecule has 0 aliphatic carbocycles. The van der Waals surface area contributed by atoms with Gasteiger partial charge in [0.15, 0.2) is 0 Å². The molecule has 0 heterocycles. The van der Waals surface area contributed by atoms with Gasteiger partial charge in [0.1, 0.15) is 0 Å². The van der Waals surface area contributed by atoms with E-state index in [2.05, 4.69) is 18.9 Å². The molecule has 0 saturated carbocycles. The largest absolute Gasteiger partial charge is 0.329 e. The Labute approximate surface area is 109 Å². The van der Waals surface area contributed by atoms with E-state index in [1.807, 2.05) is 0 Å². The van der Waals surface area contributed by atoms with Gasteiger partial charge in [-0.2, -0.15) is 0 Å². The molecule has 0 saturated heterocycles. The highest BCUT2D eigenvalue weighted by molar-refractivity contribution is 4.53. The topological polar surface area (TPSA) is 29.3 Å². The van der Waals surface area contributed by atoms with Crippen LogP contribution in [0.25, 0.3) is 0 Å². The van der Waals surface area contributed by atoms with Crippen molar-refractivity contribution in [1.82, 2.24) is 4.90 Å². The van der Waals surface area contributed by atoms with Crippen LogP contribution in [0.3, 0.4) is 0 Å². The van der Waals surface area contributed by atoms with E-state index >= 15 is 0 Å². The second kappa shape index (κ2) is 14.0. The van der Waals surface area contributed by atoms with E-state index in [4.69, 9.17) is 5.73 Å². The van der Waals surface area contributed by atoms with Crippen molar-refractivity contribution < 1.29 is 0 Å². The molecule has 0 unspecified atom stereocenters. The van der Waals surface area contributed by atoms with Crippen molar-refractivity contribution >= 4 is 0 Å². The van der Waals surface area contributed by atoms with Crippen LogP contribution in [-0.4, -0.2) is 31.6 Å². The van der Waals surface area contributed by atoms with Crippen molar-refractivity contribution in [3.05, 3.63) is 0 Å². The zero-order chi connectivity index (χ0) is 12.8. The zero-order valence-corrected chi connectivity index (χ0v) is 12.2. The van der Waals surface area contributed by atoms with Gasteiger partial charge in [0.2, 0.25) is 0 Å². The minimum absolute atomic E-state index is 0.786. The van der Waals surface area contributed by atoms with Crippen LogP contribution >= 0.6 is 0 Å². The van der Waals surface area contributed by atoms with Crippen molar-refractivity contribution in [2.75, 3.05) is 26.7 Å². The summed E-state index contributed by atoms with van der Waals surface area (Å²) in [6, 6.07) is 0. The average Bonchev–Trinajstić information content (AvgIpc) is 2.32. The maximum absolute atomic E-state index is 5.51. The SMILES string of the molecule is CCCCCCCCCCCCN(C)CCN. The van der Waals surface area contributed by atoms with Crippen LogP contribution in [0.1, 0.15) is 71.1 Å². The summed E-state index contributed by atoms with van der Waals surface area (Å²) in [5.41, 5.74) is 5.51. The van der Waals surface area contributed by atoms with Gasteiger partial charge in [-0.25, -0.2) is 0 Å². The average molecular weight is 242 g/mol. The van der Waals surface area contributed by atoms with Crippen LogP contribution in [0, 0.1) is 0 Å². The van der Waals surface area contributed by atoms with E-state index in [0.29, 0.717) is 0 Å². The van der Waals surface area contributed by atoms with Crippen LogP contribution in [0.15, 0.2) is 0 Å². The van der Waals surface area contributed by atoms with Crippen LogP contribution in [0.4, 0.5) is 0 Å². The van der Waals surface area contributed by atoms with Gasteiger partial charge in [0.25, 0.3) is 0 Å². The molecule has 0 amide bonds. The molecule has 0 aliphatic heterocycles. The molecule has 104 valence electrons. The number of hydrogen-bond acceptors (Lipinski definition) is 2. The molecule has 2 N–H and O–H groups in total. The Morgan fingerprint density at radius 2 is 1.18 bits per heavy atom. The summed E-state index contributed by atoms with van der Waals surface area (Å²) in [5.74, 6) is 0. The fourth-order valence-corrected chi connectivity index (χ4v) is 2.20. The molecule has 0 aliphatic rings. The molecule has 0 atom stereocenters. The third-order valence-corrected chi connectivity index (χ3v) is 3.40. The first-order chi connectivity index (χ1) is 8.31. The molecule has 0 rings (SSSR count). The molecule has 0 bridgehead atoms. The van der Waals surface area contributed by atoms with Gasteiger partial charge in [0.05, 0.1) is 0 Å². The van der Waals surface area contributed by atoms with E-state index in [1.54, 1.807) is 0 Å². The first-order valence-corrected chi connectivity index (χ1v) is 7.70. The number of rotatable bonds is 13. The van der Waals surface area contributed by atoms with Gasteiger partial charge in [-0.3, -0.25) is 0 Å². The maximum Gasteiger partial charge on any atom is 0.0102 e. The third-order valence-electron chi connectivity index (χ3n) is 3.40. The quantitative estimate of drug-likeness (QED) is 0.498. The summed E-state index contributed by atoms with van der Waals surface area (Å²) >= 11 is 0. The van der Waals surface area contributed by atoms with Crippen LogP contribution in [0.5, 0.6) is 0 Å². The Balaban J connectivity index is 2.98. The Morgan fingerprint density at radius 1 is 0.706 bits per heavy atom. The normalized spacial score (nSPS) is 11.3. The summed E-state index contributed by atoms with van der Waals surface area (Å²) in [6.07, 6.45) is 14.2. The first-order valence-electron chi connectivity index (χ1n) is 7.70. The highest BCUT2D eigenvalue weighted by Gasteiger charge is 1.96. The minimum Gasteiger partial charge on any atom is -0.329 e. The third kappa shape index (κ3) is 13.9. The van der Waals surface area contributed by atoms with E-state index in [0.717, 1.165) is 13.1 Å². The Kier molecular flexibility index (Phi) is 13.9. The van der Waals surface area contributed by atoms with Crippen molar-refractivity contribution in [2.24, 2.45) is 5.73 Å². The van der Waals surface area contributed by atoms with Crippen molar-refractivity contribution in [2.45, 2.75) is 71.1 Å². The van der Waals surface area contributed by atoms with Crippen LogP contribution < -0.4 is 5.73 Å². The summed E-state index contributed by atoms with van der Waals surface area (Å²) in [7, 11) is 2.17. The van der Waals surface area contributed by atoms with Crippen molar-refractivity contribution in [3.63, 3.8) is 0 Å². The standard InChI is InChI=1S/C15H34N2/c1-3-4-5-6-7-8-9-10-11-12-14-17(2)15-13-16/h3-16H2,1-2H3. The lowest BCUT2D eigenvalue weighted by atomic mass is 10.1. The predicted molar refractivity (Wildman–Crippen MR) is 78.4 cm³/mol. The molecule has 2 heteroatoms. The lowest BCUT2D eigenvalue weighted by molar-refractivity contribution is 0.332. The zero-order valence-electron chi connectivity index (χ0n) is 12.2. The van der Waals surface area contributed by atoms with E-state index in [-0.39, 0.29) is 0 Å². The van der Waals surface area contributed by atoms with Gasteiger partial charge in [-0.05, 0) is 20.0 Å². The molecular formula is C15H34N2. The first kappa shape index (κ1) is 16.9. The summed E-state index contributed by atoms with van der Waals surface area (Å²) in [4.78, 5) is 2.34. The smallest absolute Gasteiger partial charge is 0.0102 e. The number of hydrogen-bond donors (Lipinski definition) is 1. The molecule has 0 aromatic carbocycles. The number of nitrogens with zero attached hydrogens (tertiary/aromatic N) is 1. The number of nitrogens with two attached hydrogens (primary N) is 1. The summed E-state index contributed by atoms with van der Waals surface area (Å²) in [6.45, 7) is 5.32. The Bertz CT molecular complexity index is 137. The van der Waals surface area contributed by atoms with E-state index in [1.165, 1.54) is 70.8 Å². The Hall–Kier alpha value is -0.0800. The lowest BCUT2D eigenvalue weighted by Gasteiger charge is -2.14. The molecule has 0 aromatic rings. The highest BCUT2D eigenvalue weighted by atomic mass is 15.1. The minimum atomic E-state index is 0.786. The van der Waals surface area contributed by atoms with Crippen molar-refractivity contribution in [3.8, 4) is 0 Å². The molecular weight excluding hydrogens is 208 g/mol. The monoisotopic (exact) mass is 242 g/mol. The highest BCUT2D eigenvalue weighted by Crippen LogP contribution is 2.10. The molecule has 2 nitrogen and oxygen atoms in total. The van der Waals surface area contributed by atoms with Crippen molar-refractivity contribution in [1.29, 1.82) is 0 Å². The fourth-order valence-electron chi connectivity index (χ4n) is 2.20. The predicted octanol–water partition coefficient (Wildman–Crippen LogP) is 3.80. The maximum atomic E-state index is 5.51. The number of likely N-dealkylation sites (N-methyl/N-ethyl adjacent to an activating group) is 1. The van der Waals surface area contributed by atoms with Gasteiger partial charge < -0.3 is 10.6 Å². The summed E-state index contributed by atoms with van der Waals surface area (Å²) in [5, 5.41) is 0. The van der Waals surface area contributed by atoms with Crippen LogP contribution in [-0.2, 0) is 0 Å². The van der Waals surface area contributed by atoms with E-state index < -0.39 is 0 Å². The summed E-state index contributed by atoms with van der Waals surface area (Å²) < 4.78 is 0. The second-order valence-electron chi connectivity index (χ2n) is 5.27. The van der Waals surface area contributed by atoms with Gasteiger partial charge in [-0.15, -0.1) is 0 Å². The van der Waals surface area contributed by atoms with Gasteiger partial charge in [-0.1, -0.05) is 64.7 Å². The Morgan fingerprint density at radius 3 is 1.65 bits per heavy atom. The second-order valence-corrected chi connectivity index (χ2v) is 5.27. The molecule has 0 radical (unpaired) electrons. The number of unbranched alkanes of at least 4 members (excludes halogenated alkanes) is 9. The molecule has 0 spiro atoms. The fraction of sp³-hybridized carbons (Fsp3) is 1.00.